The van der Waals surface area contributed by atoms with Crippen LogP contribution in [0.2, 0.25) is 0 Å². The predicted octanol–water partition coefficient (Wildman–Crippen LogP) is 2.95. The largest absolute Gasteiger partial charge is 0.356 e. The Morgan fingerprint density at radius 1 is 1.05 bits per heavy atom. The number of hydrogen-bond acceptors (Lipinski definition) is 1. The maximum atomic E-state index is 10.9. The van der Waals surface area contributed by atoms with E-state index in [1.165, 1.54) is 27.8 Å². The molecule has 0 aliphatic heterocycles. The van der Waals surface area contributed by atoms with Gasteiger partial charge in [0.2, 0.25) is 5.91 Å². The maximum absolute atomic E-state index is 10.9. The molecule has 2 nitrogen and oxygen atoms in total. The first kappa shape index (κ1) is 12.0. The van der Waals surface area contributed by atoms with Crippen LogP contribution in [0.4, 0.5) is 0 Å². The molecule has 1 amide bonds. The van der Waals surface area contributed by atoms with E-state index in [4.69, 9.17) is 0 Å². The Bertz CT molecular complexity index is 631. The first-order chi connectivity index (χ1) is 9.25. The van der Waals surface area contributed by atoms with E-state index in [1.54, 1.807) is 6.92 Å². The van der Waals surface area contributed by atoms with Gasteiger partial charge in [-0.3, -0.25) is 4.79 Å². The number of benzene rings is 2. The van der Waals surface area contributed by atoms with Gasteiger partial charge in [-0.1, -0.05) is 42.5 Å². The number of rotatable bonds is 3. The van der Waals surface area contributed by atoms with Crippen LogP contribution in [0.1, 0.15) is 23.6 Å². The van der Waals surface area contributed by atoms with Gasteiger partial charge in [-0.25, -0.2) is 0 Å². The third-order valence-electron chi connectivity index (χ3n) is 3.52. The Kier molecular flexibility index (Phi) is 3.08. The van der Waals surface area contributed by atoms with Gasteiger partial charge in [0.1, 0.15) is 0 Å². The highest BCUT2D eigenvalue weighted by Gasteiger charge is 2.20. The number of hydrogen-bond donors (Lipinski definition) is 1. The topological polar surface area (TPSA) is 29.1 Å². The van der Waals surface area contributed by atoms with Gasteiger partial charge < -0.3 is 5.32 Å². The van der Waals surface area contributed by atoms with Gasteiger partial charge in [0.05, 0.1) is 0 Å². The Balaban J connectivity index is 1.88. The molecule has 0 aromatic heterocycles. The monoisotopic (exact) mass is 250 g/mol. The highest BCUT2D eigenvalue weighted by molar-refractivity contribution is 5.82. The minimum absolute atomic E-state index is 0.0276. The summed E-state index contributed by atoms with van der Waals surface area (Å²) < 4.78 is 0. The third-order valence-corrected chi connectivity index (χ3v) is 3.52. The zero-order valence-corrected chi connectivity index (χ0v) is 10.9. The fourth-order valence-electron chi connectivity index (χ4n) is 2.63. The predicted molar refractivity (Wildman–Crippen MR) is 76.8 cm³/mol. The standard InChI is InChI=1S/C17H16NO/c1-12(19)18-10-9-13-6-4-8-16-15-7-3-2-5-14(15)11-17(13)16/h2-8,11H,9-10H2,1H3,(H,18,19). The lowest BCUT2D eigenvalue weighted by Gasteiger charge is -2.08. The summed E-state index contributed by atoms with van der Waals surface area (Å²) in [4.78, 5) is 10.9. The zero-order valence-electron chi connectivity index (χ0n) is 10.9. The molecular formula is C17H16NO. The van der Waals surface area contributed by atoms with Crippen LogP contribution in [0.15, 0.2) is 42.5 Å². The van der Waals surface area contributed by atoms with Crippen molar-refractivity contribution in [2.45, 2.75) is 13.3 Å². The number of nitrogens with one attached hydrogen (secondary N) is 1. The Labute approximate surface area is 113 Å². The van der Waals surface area contributed by atoms with E-state index in [1.807, 2.05) is 0 Å². The second-order valence-corrected chi connectivity index (χ2v) is 4.84. The van der Waals surface area contributed by atoms with Gasteiger partial charge in [0.15, 0.2) is 0 Å². The molecule has 0 fully saturated rings. The van der Waals surface area contributed by atoms with Crippen LogP contribution in [0, 0.1) is 6.42 Å². The summed E-state index contributed by atoms with van der Waals surface area (Å²) in [6.07, 6.45) is 3.11. The molecule has 0 unspecified atom stereocenters. The number of carbonyl (C=O) groups excluding carboxylic acids is 1. The van der Waals surface area contributed by atoms with E-state index in [2.05, 4.69) is 54.2 Å². The van der Waals surface area contributed by atoms with Crippen LogP contribution in [-0.2, 0) is 11.2 Å². The van der Waals surface area contributed by atoms with Crippen LogP contribution >= 0.6 is 0 Å². The summed E-state index contributed by atoms with van der Waals surface area (Å²) in [5, 5.41) is 2.85. The van der Waals surface area contributed by atoms with Crippen molar-refractivity contribution in [1.29, 1.82) is 0 Å². The minimum atomic E-state index is 0.0276. The Morgan fingerprint density at radius 3 is 2.68 bits per heavy atom. The van der Waals surface area contributed by atoms with Gasteiger partial charge in [0, 0.05) is 19.9 Å². The minimum Gasteiger partial charge on any atom is -0.356 e. The van der Waals surface area contributed by atoms with Crippen molar-refractivity contribution >= 4 is 5.91 Å². The molecule has 1 aliphatic carbocycles. The number of amides is 1. The zero-order chi connectivity index (χ0) is 13.2. The highest BCUT2D eigenvalue weighted by Crippen LogP contribution is 2.39. The molecule has 0 atom stereocenters. The number of fused-ring (bicyclic) bond motifs is 3. The van der Waals surface area contributed by atoms with E-state index in [0.29, 0.717) is 6.54 Å². The summed E-state index contributed by atoms with van der Waals surface area (Å²) in [6, 6.07) is 14.9. The maximum Gasteiger partial charge on any atom is 0.216 e. The van der Waals surface area contributed by atoms with Gasteiger partial charge in [0.25, 0.3) is 0 Å². The average molecular weight is 250 g/mol. The Morgan fingerprint density at radius 2 is 1.84 bits per heavy atom. The molecule has 0 saturated heterocycles. The lowest BCUT2D eigenvalue weighted by molar-refractivity contribution is -0.118. The summed E-state index contributed by atoms with van der Waals surface area (Å²) in [6.45, 7) is 2.24. The SMILES string of the molecule is CC(=O)NCCc1cccc2c1[CH]c1ccccc1-2. The second-order valence-electron chi connectivity index (χ2n) is 4.84. The normalized spacial score (nSPS) is 11.8. The van der Waals surface area contributed by atoms with E-state index in [9.17, 15) is 4.79 Å². The molecule has 95 valence electrons. The quantitative estimate of drug-likeness (QED) is 0.760. The van der Waals surface area contributed by atoms with Crippen LogP contribution in [0.25, 0.3) is 11.1 Å². The molecule has 1 N–H and O–H groups in total. The summed E-state index contributed by atoms with van der Waals surface area (Å²) in [7, 11) is 0. The second kappa shape index (κ2) is 4.88. The van der Waals surface area contributed by atoms with Crippen molar-refractivity contribution in [2.24, 2.45) is 0 Å². The molecule has 2 aromatic rings. The summed E-state index contributed by atoms with van der Waals surface area (Å²) in [5.74, 6) is 0.0276. The van der Waals surface area contributed by atoms with E-state index in [0.717, 1.165) is 6.42 Å². The summed E-state index contributed by atoms with van der Waals surface area (Å²) in [5.41, 5.74) is 6.48. The molecule has 3 rings (SSSR count). The van der Waals surface area contributed by atoms with E-state index < -0.39 is 0 Å². The van der Waals surface area contributed by atoms with Crippen molar-refractivity contribution in [3.63, 3.8) is 0 Å². The molecule has 0 bridgehead atoms. The first-order valence-electron chi connectivity index (χ1n) is 6.56. The lowest BCUT2D eigenvalue weighted by Crippen LogP contribution is -2.22. The highest BCUT2D eigenvalue weighted by atomic mass is 16.1. The summed E-state index contributed by atoms with van der Waals surface area (Å²) >= 11 is 0. The molecule has 1 radical (unpaired) electrons. The van der Waals surface area contributed by atoms with Gasteiger partial charge in [-0.15, -0.1) is 0 Å². The van der Waals surface area contributed by atoms with Crippen LogP contribution in [0.5, 0.6) is 0 Å². The first-order valence-corrected chi connectivity index (χ1v) is 6.56. The lowest BCUT2D eigenvalue weighted by atomic mass is 9.99. The molecule has 0 saturated carbocycles. The van der Waals surface area contributed by atoms with E-state index >= 15 is 0 Å². The van der Waals surface area contributed by atoms with Crippen molar-refractivity contribution in [3.8, 4) is 11.1 Å². The van der Waals surface area contributed by atoms with Crippen molar-refractivity contribution < 1.29 is 4.79 Å². The third kappa shape index (κ3) is 2.26. The van der Waals surface area contributed by atoms with Crippen molar-refractivity contribution in [1.82, 2.24) is 5.32 Å². The van der Waals surface area contributed by atoms with Crippen molar-refractivity contribution in [2.75, 3.05) is 6.54 Å². The number of carbonyl (C=O) groups is 1. The van der Waals surface area contributed by atoms with Gasteiger partial charge in [-0.05, 0) is 34.2 Å². The molecule has 2 aromatic carbocycles. The molecule has 19 heavy (non-hydrogen) atoms. The molecule has 0 heterocycles. The van der Waals surface area contributed by atoms with Crippen LogP contribution in [-0.4, -0.2) is 12.5 Å². The van der Waals surface area contributed by atoms with Gasteiger partial charge in [-0.2, -0.15) is 0 Å². The molecule has 2 heteroatoms. The van der Waals surface area contributed by atoms with Gasteiger partial charge >= 0.3 is 0 Å². The smallest absolute Gasteiger partial charge is 0.216 e. The van der Waals surface area contributed by atoms with Crippen LogP contribution < -0.4 is 5.32 Å². The Hall–Kier alpha value is -2.09. The molecule has 0 spiro atoms. The fraction of sp³-hybridized carbons (Fsp3) is 0.176. The fourth-order valence-corrected chi connectivity index (χ4v) is 2.63. The average Bonchev–Trinajstić information content (AvgIpc) is 2.78. The van der Waals surface area contributed by atoms with Crippen LogP contribution in [0.3, 0.4) is 0 Å². The van der Waals surface area contributed by atoms with E-state index in [-0.39, 0.29) is 5.91 Å². The molecule has 1 aliphatic rings. The van der Waals surface area contributed by atoms with Crippen molar-refractivity contribution in [3.05, 3.63) is 65.6 Å². The molecular weight excluding hydrogens is 234 g/mol.